The number of hydrogen-bond acceptors (Lipinski definition) is 7. The summed E-state index contributed by atoms with van der Waals surface area (Å²) in [7, 11) is 2.99. The van der Waals surface area contributed by atoms with Crippen LogP contribution in [0, 0.1) is 23.0 Å². The van der Waals surface area contributed by atoms with Crippen molar-refractivity contribution in [3.63, 3.8) is 0 Å². The molecule has 0 spiro atoms. The number of benzene rings is 3. The fourth-order valence-corrected chi connectivity index (χ4v) is 4.65. The standard InChI is InChI=1S/C32H26F2N4O5/c1-41-11-10-38-27-14-23(32(39)40)15-28(42-2)31(27)37-29(38)16-20-8-9-21(13-25(20)34)26-4-3-5-30(36-26)43-18-22-7-6-19(17-35)12-24(22)33/h3-9,12-15H,10-11,16,18H2,1-2H3,(H,39,40). The molecule has 0 saturated carbocycles. The molecular weight excluding hydrogens is 558 g/mol. The highest BCUT2D eigenvalue weighted by Gasteiger charge is 2.19. The summed E-state index contributed by atoms with van der Waals surface area (Å²) in [6.45, 7) is 0.614. The Morgan fingerprint density at radius 2 is 1.79 bits per heavy atom. The van der Waals surface area contributed by atoms with Crippen LogP contribution < -0.4 is 9.47 Å². The summed E-state index contributed by atoms with van der Waals surface area (Å²) in [6.07, 6.45) is 0.128. The number of ether oxygens (including phenoxy) is 3. The lowest BCUT2D eigenvalue weighted by atomic mass is 10.1. The van der Waals surface area contributed by atoms with Crippen molar-refractivity contribution in [3.8, 4) is 29.0 Å². The molecule has 218 valence electrons. The molecule has 3 aromatic carbocycles. The average Bonchev–Trinajstić information content (AvgIpc) is 3.36. The largest absolute Gasteiger partial charge is 0.494 e. The first-order valence-corrected chi connectivity index (χ1v) is 13.2. The number of methoxy groups -OCH3 is 2. The summed E-state index contributed by atoms with van der Waals surface area (Å²) < 4.78 is 47.8. The van der Waals surface area contributed by atoms with E-state index in [0.717, 1.165) is 6.07 Å². The fraction of sp³-hybridized carbons (Fsp3) is 0.188. The summed E-state index contributed by atoms with van der Waals surface area (Å²) >= 11 is 0. The Morgan fingerprint density at radius 3 is 2.49 bits per heavy atom. The highest BCUT2D eigenvalue weighted by molar-refractivity contribution is 5.95. The minimum atomic E-state index is -1.10. The number of aromatic carboxylic acids is 1. The molecule has 0 saturated heterocycles. The smallest absolute Gasteiger partial charge is 0.335 e. The van der Waals surface area contributed by atoms with E-state index in [2.05, 4.69) is 9.97 Å². The zero-order valence-corrected chi connectivity index (χ0v) is 23.3. The maximum Gasteiger partial charge on any atom is 0.335 e. The van der Waals surface area contributed by atoms with E-state index >= 15 is 4.39 Å². The number of carboxylic acids is 1. The van der Waals surface area contributed by atoms with Crippen LogP contribution >= 0.6 is 0 Å². The molecular formula is C32H26F2N4O5. The van der Waals surface area contributed by atoms with Gasteiger partial charge in [0.25, 0.3) is 0 Å². The van der Waals surface area contributed by atoms with Crippen LogP contribution in [-0.2, 0) is 24.3 Å². The molecule has 0 aliphatic rings. The van der Waals surface area contributed by atoms with Crippen LogP contribution in [0.5, 0.6) is 11.6 Å². The molecule has 1 N–H and O–H groups in total. The number of pyridine rings is 1. The topological polar surface area (TPSA) is 119 Å². The molecule has 2 aromatic heterocycles. The van der Waals surface area contributed by atoms with Gasteiger partial charge in [0.05, 0.1) is 42.1 Å². The quantitative estimate of drug-likeness (QED) is 0.208. The minimum Gasteiger partial charge on any atom is -0.494 e. The molecule has 0 atom stereocenters. The van der Waals surface area contributed by atoms with Crippen molar-refractivity contribution in [2.24, 2.45) is 0 Å². The molecule has 9 nitrogen and oxygen atoms in total. The molecule has 2 heterocycles. The van der Waals surface area contributed by atoms with Crippen molar-refractivity contribution in [2.45, 2.75) is 19.6 Å². The lowest BCUT2D eigenvalue weighted by Gasteiger charge is -2.11. The Balaban J connectivity index is 1.40. The van der Waals surface area contributed by atoms with Gasteiger partial charge < -0.3 is 23.9 Å². The van der Waals surface area contributed by atoms with Crippen LogP contribution in [0.1, 0.15) is 32.9 Å². The molecule has 0 fully saturated rings. The number of hydrogen-bond donors (Lipinski definition) is 1. The summed E-state index contributed by atoms with van der Waals surface area (Å²) in [5, 5.41) is 18.5. The average molecular weight is 585 g/mol. The first kappa shape index (κ1) is 29.2. The van der Waals surface area contributed by atoms with Crippen LogP contribution in [0.15, 0.2) is 66.7 Å². The van der Waals surface area contributed by atoms with Crippen molar-refractivity contribution in [2.75, 3.05) is 20.8 Å². The van der Waals surface area contributed by atoms with Crippen LogP contribution in [0.3, 0.4) is 0 Å². The lowest BCUT2D eigenvalue weighted by Crippen LogP contribution is -2.10. The third kappa shape index (κ3) is 6.29. The molecule has 43 heavy (non-hydrogen) atoms. The summed E-state index contributed by atoms with van der Waals surface area (Å²) in [6, 6.07) is 18.7. The first-order valence-electron chi connectivity index (χ1n) is 13.2. The van der Waals surface area contributed by atoms with E-state index in [1.165, 1.54) is 37.4 Å². The van der Waals surface area contributed by atoms with Gasteiger partial charge >= 0.3 is 5.97 Å². The van der Waals surface area contributed by atoms with Crippen LogP contribution in [-0.4, -0.2) is 46.4 Å². The highest BCUT2D eigenvalue weighted by atomic mass is 19.1. The van der Waals surface area contributed by atoms with Gasteiger partial charge in [-0.1, -0.05) is 24.3 Å². The number of imidazole rings is 1. The predicted octanol–water partition coefficient (Wildman–Crippen LogP) is 5.77. The molecule has 0 aliphatic heterocycles. The highest BCUT2D eigenvalue weighted by Crippen LogP contribution is 2.30. The number of carbonyl (C=O) groups is 1. The number of rotatable bonds is 11. The van der Waals surface area contributed by atoms with Crippen molar-refractivity contribution in [3.05, 3.63) is 106 Å². The molecule has 0 aliphatic carbocycles. The second-order valence-electron chi connectivity index (χ2n) is 9.57. The molecule has 5 rings (SSSR count). The number of nitriles is 1. The zero-order valence-electron chi connectivity index (χ0n) is 23.3. The van der Waals surface area contributed by atoms with Gasteiger partial charge in [0.15, 0.2) is 0 Å². The number of carboxylic acid groups (broad SMARTS) is 1. The van der Waals surface area contributed by atoms with Crippen LogP contribution in [0.25, 0.3) is 22.3 Å². The van der Waals surface area contributed by atoms with E-state index in [4.69, 9.17) is 19.5 Å². The molecule has 0 amide bonds. The number of halogens is 2. The minimum absolute atomic E-state index is 0.0470. The summed E-state index contributed by atoms with van der Waals surface area (Å²) in [5.74, 6) is -1.08. The maximum atomic E-state index is 15.5. The number of nitrogens with zero attached hydrogens (tertiary/aromatic N) is 4. The van der Waals surface area contributed by atoms with Crippen molar-refractivity contribution < 1.29 is 32.9 Å². The van der Waals surface area contributed by atoms with E-state index in [0.29, 0.717) is 52.6 Å². The van der Waals surface area contributed by atoms with Gasteiger partial charge in [0.1, 0.15) is 35.3 Å². The third-order valence-corrected chi connectivity index (χ3v) is 6.86. The Labute approximate surface area is 245 Å². The van der Waals surface area contributed by atoms with Gasteiger partial charge in [-0.25, -0.2) is 23.5 Å². The van der Waals surface area contributed by atoms with Gasteiger partial charge in [0, 0.05) is 37.3 Å². The maximum absolute atomic E-state index is 15.5. The molecule has 0 radical (unpaired) electrons. The predicted molar refractivity (Wildman–Crippen MR) is 153 cm³/mol. The van der Waals surface area contributed by atoms with Gasteiger partial charge in [-0.15, -0.1) is 0 Å². The summed E-state index contributed by atoms with van der Waals surface area (Å²) in [5.41, 5.74) is 2.89. The number of fused-ring (bicyclic) bond motifs is 1. The van der Waals surface area contributed by atoms with E-state index in [9.17, 15) is 14.3 Å². The molecule has 0 unspecified atom stereocenters. The van der Waals surface area contributed by atoms with E-state index < -0.39 is 17.6 Å². The zero-order chi connectivity index (χ0) is 30.5. The first-order chi connectivity index (χ1) is 20.8. The Kier molecular flexibility index (Phi) is 8.59. The van der Waals surface area contributed by atoms with Crippen molar-refractivity contribution in [1.29, 1.82) is 5.26 Å². The van der Waals surface area contributed by atoms with Crippen molar-refractivity contribution in [1.82, 2.24) is 14.5 Å². The molecule has 11 heteroatoms. The third-order valence-electron chi connectivity index (χ3n) is 6.86. The van der Waals surface area contributed by atoms with Crippen LogP contribution in [0.4, 0.5) is 8.78 Å². The molecule has 5 aromatic rings. The van der Waals surface area contributed by atoms with Gasteiger partial charge in [0.2, 0.25) is 5.88 Å². The molecule has 0 bridgehead atoms. The van der Waals surface area contributed by atoms with E-state index in [1.54, 1.807) is 42.0 Å². The van der Waals surface area contributed by atoms with Crippen LogP contribution in [0.2, 0.25) is 0 Å². The Bertz CT molecular complexity index is 1870. The second-order valence-corrected chi connectivity index (χ2v) is 9.57. The SMILES string of the molecule is COCCn1c(Cc2ccc(-c3cccc(OCc4ccc(C#N)cc4F)n3)cc2F)nc2c(OC)cc(C(=O)O)cc21. The van der Waals surface area contributed by atoms with E-state index in [1.807, 2.05) is 6.07 Å². The normalized spacial score (nSPS) is 11.0. The monoisotopic (exact) mass is 584 g/mol. The van der Waals surface area contributed by atoms with Gasteiger partial charge in [-0.2, -0.15) is 5.26 Å². The number of aromatic nitrogens is 3. The van der Waals surface area contributed by atoms with Gasteiger partial charge in [-0.05, 0) is 42.0 Å². The second kappa shape index (κ2) is 12.7. The van der Waals surface area contributed by atoms with Crippen molar-refractivity contribution >= 4 is 17.0 Å². The summed E-state index contributed by atoms with van der Waals surface area (Å²) in [4.78, 5) is 20.8. The van der Waals surface area contributed by atoms with E-state index in [-0.39, 0.29) is 35.6 Å². The van der Waals surface area contributed by atoms with Gasteiger partial charge in [-0.3, -0.25) is 0 Å². The Hall–Kier alpha value is -5.34. The fourth-order valence-electron chi connectivity index (χ4n) is 4.65. The Morgan fingerprint density at radius 1 is 1.00 bits per heavy atom. The lowest BCUT2D eigenvalue weighted by molar-refractivity contribution is 0.0696.